The number of aromatic hydroxyl groups is 1. The van der Waals surface area contributed by atoms with E-state index in [-0.39, 0.29) is 11.8 Å². The summed E-state index contributed by atoms with van der Waals surface area (Å²) in [6.45, 7) is 0.585. The fraction of sp³-hybridized carbons (Fsp3) is 0.333. The summed E-state index contributed by atoms with van der Waals surface area (Å²) in [4.78, 5) is 0. The molecule has 0 fully saturated rings. The summed E-state index contributed by atoms with van der Waals surface area (Å²) in [6, 6.07) is 6.87. The number of nitrogens with two attached hydrogens (primary N) is 2. The van der Waals surface area contributed by atoms with Gasteiger partial charge in [0.2, 0.25) is 0 Å². The number of rotatable bonds is 3. The van der Waals surface area contributed by atoms with Crippen LogP contribution in [0, 0.1) is 0 Å². The number of phenolic OH excluding ortho intramolecular Hbond substituents is 1. The van der Waals surface area contributed by atoms with E-state index in [0.717, 1.165) is 12.0 Å². The lowest BCUT2D eigenvalue weighted by Crippen LogP contribution is -2.14. The van der Waals surface area contributed by atoms with Crippen LogP contribution in [0.3, 0.4) is 0 Å². The van der Waals surface area contributed by atoms with Crippen molar-refractivity contribution in [3.63, 3.8) is 0 Å². The molecule has 0 heterocycles. The fourth-order valence-corrected chi connectivity index (χ4v) is 1.07. The highest BCUT2D eigenvalue weighted by Crippen LogP contribution is 2.16. The van der Waals surface area contributed by atoms with Crippen LogP contribution in [0.15, 0.2) is 24.3 Å². The van der Waals surface area contributed by atoms with Crippen LogP contribution in [0.25, 0.3) is 0 Å². The van der Waals surface area contributed by atoms with Gasteiger partial charge in [-0.2, -0.15) is 0 Å². The molecule has 0 aliphatic heterocycles. The van der Waals surface area contributed by atoms with Crippen molar-refractivity contribution in [3.05, 3.63) is 29.8 Å². The molecule has 1 rings (SSSR count). The molecule has 1 atom stereocenters. The summed E-state index contributed by atoms with van der Waals surface area (Å²) in [7, 11) is 0. The van der Waals surface area contributed by atoms with Gasteiger partial charge in [-0.15, -0.1) is 0 Å². The molecule has 3 nitrogen and oxygen atoms in total. The van der Waals surface area contributed by atoms with Gasteiger partial charge in [0.25, 0.3) is 0 Å². The average Bonchev–Trinajstić information content (AvgIpc) is 2.06. The van der Waals surface area contributed by atoms with Gasteiger partial charge >= 0.3 is 0 Å². The molecule has 0 saturated heterocycles. The zero-order valence-electron chi connectivity index (χ0n) is 6.90. The lowest BCUT2D eigenvalue weighted by Gasteiger charge is -2.09. The molecule has 1 aromatic rings. The topological polar surface area (TPSA) is 72.3 Å². The van der Waals surface area contributed by atoms with Gasteiger partial charge in [-0.25, -0.2) is 0 Å². The van der Waals surface area contributed by atoms with Crippen LogP contribution >= 0.6 is 0 Å². The van der Waals surface area contributed by atoms with E-state index in [1.54, 1.807) is 12.1 Å². The zero-order chi connectivity index (χ0) is 8.97. The van der Waals surface area contributed by atoms with E-state index in [4.69, 9.17) is 16.6 Å². The molecule has 0 bridgehead atoms. The largest absolute Gasteiger partial charge is 0.508 e. The van der Waals surface area contributed by atoms with Crippen molar-refractivity contribution >= 4 is 0 Å². The Morgan fingerprint density at radius 2 is 1.83 bits per heavy atom. The van der Waals surface area contributed by atoms with Gasteiger partial charge in [0.15, 0.2) is 0 Å². The number of hydrogen-bond donors (Lipinski definition) is 3. The first-order chi connectivity index (χ1) is 5.74. The highest BCUT2D eigenvalue weighted by molar-refractivity contribution is 5.27. The van der Waals surface area contributed by atoms with Gasteiger partial charge in [-0.05, 0) is 30.7 Å². The van der Waals surface area contributed by atoms with Crippen molar-refractivity contribution in [2.24, 2.45) is 11.5 Å². The Labute approximate surface area is 72.0 Å². The summed E-state index contributed by atoms with van der Waals surface area (Å²) < 4.78 is 0. The molecular weight excluding hydrogens is 152 g/mol. The van der Waals surface area contributed by atoms with E-state index in [2.05, 4.69) is 0 Å². The van der Waals surface area contributed by atoms with Crippen LogP contribution in [0.2, 0.25) is 0 Å². The molecule has 0 aliphatic rings. The first-order valence-electron chi connectivity index (χ1n) is 3.98. The Kier molecular flexibility index (Phi) is 3.08. The molecular formula is C9H14N2O. The molecule has 12 heavy (non-hydrogen) atoms. The first kappa shape index (κ1) is 9.03. The van der Waals surface area contributed by atoms with Gasteiger partial charge < -0.3 is 16.6 Å². The Morgan fingerprint density at radius 3 is 2.33 bits per heavy atom. The molecule has 5 N–H and O–H groups in total. The monoisotopic (exact) mass is 166 g/mol. The van der Waals surface area contributed by atoms with Crippen molar-refractivity contribution in [2.75, 3.05) is 6.54 Å². The van der Waals surface area contributed by atoms with Gasteiger partial charge in [-0.1, -0.05) is 12.1 Å². The van der Waals surface area contributed by atoms with Crippen LogP contribution in [0.5, 0.6) is 5.75 Å². The average molecular weight is 166 g/mol. The molecule has 1 aromatic carbocycles. The highest BCUT2D eigenvalue weighted by Gasteiger charge is 2.03. The summed E-state index contributed by atoms with van der Waals surface area (Å²) in [6.07, 6.45) is 0.769. The molecule has 0 unspecified atom stereocenters. The third kappa shape index (κ3) is 2.22. The van der Waals surface area contributed by atoms with Gasteiger partial charge in [0.1, 0.15) is 5.75 Å². The van der Waals surface area contributed by atoms with Crippen LogP contribution in [0.4, 0.5) is 0 Å². The van der Waals surface area contributed by atoms with Crippen LogP contribution in [-0.2, 0) is 0 Å². The smallest absolute Gasteiger partial charge is 0.115 e. The summed E-state index contributed by atoms with van der Waals surface area (Å²) in [5.41, 5.74) is 12.2. The zero-order valence-corrected chi connectivity index (χ0v) is 6.90. The standard InChI is InChI=1S/C9H14N2O/c10-6-5-9(11)7-1-3-8(12)4-2-7/h1-4,9,12H,5-6,10-11H2/t9-/m1/s1. The lowest BCUT2D eigenvalue weighted by atomic mass is 10.1. The van der Waals surface area contributed by atoms with Gasteiger partial charge in [-0.3, -0.25) is 0 Å². The summed E-state index contributed by atoms with van der Waals surface area (Å²) in [5.74, 6) is 0.263. The second-order valence-corrected chi connectivity index (χ2v) is 2.78. The third-order valence-corrected chi connectivity index (χ3v) is 1.80. The van der Waals surface area contributed by atoms with Crippen molar-refractivity contribution in [2.45, 2.75) is 12.5 Å². The maximum absolute atomic E-state index is 9.00. The maximum atomic E-state index is 9.00. The van der Waals surface area contributed by atoms with E-state index in [1.165, 1.54) is 0 Å². The second kappa shape index (κ2) is 4.09. The Hall–Kier alpha value is -1.06. The van der Waals surface area contributed by atoms with Crippen molar-refractivity contribution in [1.29, 1.82) is 0 Å². The molecule has 3 heteroatoms. The molecule has 0 saturated carbocycles. The van der Waals surface area contributed by atoms with Crippen molar-refractivity contribution in [1.82, 2.24) is 0 Å². The fourth-order valence-electron chi connectivity index (χ4n) is 1.07. The van der Waals surface area contributed by atoms with E-state index in [0.29, 0.717) is 6.54 Å². The molecule has 0 aromatic heterocycles. The van der Waals surface area contributed by atoms with Gasteiger partial charge in [0, 0.05) is 6.04 Å². The minimum Gasteiger partial charge on any atom is -0.508 e. The Balaban J connectivity index is 2.68. The molecule has 0 amide bonds. The maximum Gasteiger partial charge on any atom is 0.115 e. The number of phenols is 1. The molecule has 0 radical (unpaired) electrons. The SMILES string of the molecule is NCC[C@@H](N)c1ccc(O)cc1. The molecule has 0 spiro atoms. The van der Waals surface area contributed by atoms with Crippen LogP contribution in [-0.4, -0.2) is 11.7 Å². The number of benzene rings is 1. The van der Waals surface area contributed by atoms with E-state index in [1.807, 2.05) is 12.1 Å². The van der Waals surface area contributed by atoms with Crippen molar-refractivity contribution < 1.29 is 5.11 Å². The van der Waals surface area contributed by atoms with E-state index < -0.39 is 0 Å². The van der Waals surface area contributed by atoms with Gasteiger partial charge in [0.05, 0.1) is 0 Å². The minimum atomic E-state index is -0.0180. The predicted molar refractivity (Wildman–Crippen MR) is 48.7 cm³/mol. The minimum absolute atomic E-state index is 0.0180. The predicted octanol–water partition coefficient (Wildman–Crippen LogP) is 0.741. The lowest BCUT2D eigenvalue weighted by molar-refractivity contribution is 0.474. The Morgan fingerprint density at radius 1 is 1.25 bits per heavy atom. The summed E-state index contributed by atoms with van der Waals surface area (Å²) >= 11 is 0. The summed E-state index contributed by atoms with van der Waals surface area (Å²) in [5, 5.41) is 9.00. The normalized spacial score (nSPS) is 12.8. The van der Waals surface area contributed by atoms with E-state index >= 15 is 0 Å². The van der Waals surface area contributed by atoms with Crippen molar-refractivity contribution in [3.8, 4) is 5.75 Å². The second-order valence-electron chi connectivity index (χ2n) is 2.78. The van der Waals surface area contributed by atoms with E-state index in [9.17, 15) is 0 Å². The molecule has 66 valence electrons. The first-order valence-corrected chi connectivity index (χ1v) is 3.98. The quantitative estimate of drug-likeness (QED) is 0.620. The van der Waals surface area contributed by atoms with Crippen LogP contribution < -0.4 is 11.5 Å². The number of hydrogen-bond acceptors (Lipinski definition) is 3. The van der Waals surface area contributed by atoms with Crippen LogP contribution in [0.1, 0.15) is 18.0 Å². The Bertz CT molecular complexity index is 233. The molecule has 0 aliphatic carbocycles. The highest BCUT2D eigenvalue weighted by atomic mass is 16.3. The third-order valence-electron chi connectivity index (χ3n) is 1.80.